The maximum Gasteiger partial charge on any atom is 0.139 e. The first-order chi connectivity index (χ1) is 5.81. The van der Waals surface area contributed by atoms with Crippen LogP contribution in [-0.4, -0.2) is 55.7 Å². The lowest BCUT2D eigenvalue weighted by molar-refractivity contribution is 0.114. The molecule has 0 radical (unpaired) electrons. The Morgan fingerprint density at radius 1 is 1.25 bits per heavy atom. The molecule has 0 amide bonds. The van der Waals surface area contributed by atoms with E-state index < -0.39 is 0 Å². The van der Waals surface area contributed by atoms with E-state index in [4.69, 9.17) is 0 Å². The molecule has 2 saturated heterocycles. The normalized spacial score (nSPS) is 38.2. The van der Waals surface area contributed by atoms with Gasteiger partial charge in [-0.25, -0.2) is 0 Å². The van der Waals surface area contributed by atoms with Gasteiger partial charge < -0.3 is 9.80 Å². The second-order valence-corrected chi connectivity index (χ2v) is 4.29. The number of likely N-dealkylation sites (N-methyl/N-ethyl adjacent to an activating group) is 1. The summed E-state index contributed by atoms with van der Waals surface area (Å²) in [5.41, 5.74) is 0. The van der Waals surface area contributed by atoms with Crippen molar-refractivity contribution < 1.29 is 0 Å². The smallest absolute Gasteiger partial charge is 0.139 e. The molecular formula is C9H19BN2. The summed E-state index contributed by atoms with van der Waals surface area (Å²) in [4.78, 5) is 5.21. The third-order valence-electron chi connectivity index (χ3n) is 3.50. The Balaban J connectivity index is 1.98. The Kier molecular flexibility index (Phi) is 2.42. The van der Waals surface area contributed by atoms with Crippen LogP contribution in [0.4, 0.5) is 0 Å². The van der Waals surface area contributed by atoms with E-state index in [0.29, 0.717) is 0 Å². The summed E-state index contributed by atoms with van der Waals surface area (Å²) < 4.78 is 0. The minimum Gasteiger partial charge on any atom is -0.304 e. The maximum absolute atomic E-state index is 2.74. The average Bonchev–Trinajstić information content (AvgIpc) is 2.46. The van der Waals surface area contributed by atoms with Gasteiger partial charge in [0.15, 0.2) is 0 Å². The number of rotatable bonds is 1. The number of fused-ring (bicyclic) bond motifs is 1. The average molecular weight is 166 g/mol. The van der Waals surface area contributed by atoms with Crippen molar-refractivity contribution in [2.24, 2.45) is 0 Å². The van der Waals surface area contributed by atoms with Gasteiger partial charge in [0.1, 0.15) is 7.28 Å². The molecule has 0 spiro atoms. The van der Waals surface area contributed by atoms with Gasteiger partial charge in [-0.1, -0.05) is 6.82 Å². The number of hydrogen-bond donors (Lipinski definition) is 0. The third-order valence-corrected chi connectivity index (χ3v) is 3.50. The van der Waals surface area contributed by atoms with E-state index in [1.54, 1.807) is 0 Å². The van der Waals surface area contributed by atoms with Gasteiger partial charge in [-0.3, -0.25) is 0 Å². The fourth-order valence-electron chi connectivity index (χ4n) is 2.75. The Bertz CT molecular complexity index is 163. The van der Waals surface area contributed by atoms with Gasteiger partial charge in [0.2, 0.25) is 0 Å². The molecule has 2 nitrogen and oxygen atoms in total. The molecule has 0 saturated carbocycles. The molecule has 68 valence electrons. The lowest BCUT2D eigenvalue weighted by Crippen LogP contribution is -2.52. The predicted molar refractivity (Wildman–Crippen MR) is 54.0 cm³/mol. The molecule has 0 aromatic heterocycles. The molecule has 12 heavy (non-hydrogen) atoms. The zero-order valence-electron chi connectivity index (χ0n) is 8.29. The van der Waals surface area contributed by atoms with Crippen molar-refractivity contribution >= 4 is 7.28 Å². The van der Waals surface area contributed by atoms with E-state index in [1.807, 2.05) is 0 Å². The monoisotopic (exact) mass is 166 g/mol. The number of hydrogen-bond acceptors (Lipinski definition) is 2. The van der Waals surface area contributed by atoms with Crippen LogP contribution in [0.2, 0.25) is 6.82 Å². The van der Waals surface area contributed by atoms with Crippen LogP contribution in [0.5, 0.6) is 0 Å². The topological polar surface area (TPSA) is 6.48 Å². The first-order valence-electron chi connectivity index (χ1n) is 5.25. The molecule has 0 aliphatic carbocycles. The van der Waals surface area contributed by atoms with E-state index in [9.17, 15) is 0 Å². The molecule has 2 atom stereocenters. The van der Waals surface area contributed by atoms with Crippen LogP contribution in [0.25, 0.3) is 0 Å². The van der Waals surface area contributed by atoms with Crippen molar-refractivity contribution in [2.75, 3.05) is 26.7 Å². The van der Waals surface area contributed by atoms with E-state index in [0.717, 1.165) is 12.0 Å². The van der Waals surface area contributed by atoms with Gasteiger partial charge in [0, 0.05) is 25.7 Å². The fourth-order valence-corrected chi connectivity index (χ4v) is 2.75. The highest BCUT2D eigenvalue weighted by molar-refractivity contribution is 6.35. The molecule has 0 N–H and O–H groups in total. The largest absolute Gasteiger partial charge is 0.304 e. The zero-order valence-corrected chi connectivity index (χ0v) is 8.29. The van der Waals surface area contributed by atoms with Crippen LogP contribution in [0, 0.1) is 0 Å². The summed E-state index contributed by atoms with van der Waals surface area (Å²) in [5, 5.41) is 0. The molecule has 0 aromatic carbocycles. The van der Waals surface area contributed by atoms with Crippen LogP contribution >= 0.6 is 0 Å². The van der Waals surface area contributed by atoms with Crippen molar-refractivity contribution in [2.45, 2.75) is 31.6 Å². The lowest BCUT2D eigenvalue weighted by Gasteiger charge is -2.38. The Labute approximate surface area is 76.2 Å². The van der Waals surface area contributed by atoms with E-state index >= 15 is 0 Å². The van der Waals surface area contributed by atoms with Crippen LogP contribution < -0.4 is 0 Å². The number of nitrogens with zero attached hydrogens (tertiary/aromatic N) is 2. The van der Waals surface area contributed by atoms with Crippen molar-refractivity contribution in [3.8, 4) is 0 Å². The van der Waals surface area contributed by atoms with Crippen molar-refractivity contribution in [1.29, 1.82) is 0 Å². The van der Waals surface area contributed by atoms with Crippen molar-refractivity contribution in [1.82, 2.24) is 9.80 Å². The Morgan fingerprint density at radius 3 is 2.83 bits per heavy atom. The standard InChI is InChI=1S/C9H19BN2/c1-10-9-4-3-8-7-11(2)5-6-12(8)9/h8-10H,3-7H2,1-2H3. The molecule has 2 aliphatic rings. The van der Waals surface area contributed by atoms with Gasteiger partial charge >= 0.3 is 0 Å². The van der Waals surface area contributed by atoms with Crippen LogP contribution in [0.1, 0.15) is 12.8 Å². The minimum absolute atomic E-state index is 0.883. The highest BCUT2D eigenvalue weighted by Crippen LogP contribution is 2.26. The van der Waals surface area contributed by atoms with E-state index in [1.165, 1.54) is 39.8 Å². The highest BCUT2D eigenvalue weighted by atomic mass is 15.3. The third kappa shape index (κ3) is 1.40. The van der Waals surface area contributed by atoms with Crippen LogP contribution in [-0.2, 0) is 0 Å². The second kappa shape index (κ2) is 3.39. The summed E-state index contributed by atoms with van der Waals surface area (Å²) >= 11 is 0. The van der Waals surface area contributed by atoms with E-state index in [-0.39, 0.29) is 0 Å². The summed E-state index contributed by atoms with van der Waals surface area (Å²) in [6, 6.07) is 0.883. The maximum atomic E-state index is 2.74. The zero-order chi connectivity index (χ0) is 8.55. The van der Waals surface area contributed by atoms with Gasteiger partial charge in [-0.2, -0.15) is 0 Å². The Morgan fingerprint density at radius 2 is 2.08 bits per heavy atom. The molecule has 2 heterocycles. The van der Waals surface area contributed by atoms with Crippen molar-refractivity contribution in [3.63, 3.8) is 0 Å². The van der Waals surface area contributed by atoms with Crippen LogP contribution in [0.15, 0.2) is 0 Å². The van der Waals surface area contributed by atoms with Crippen molar-refractivity contribution in [3.05, 3.63) is 0 Å². The molecule has 0 aromatic rings. The minimum atomic E-state index is 0.883. The highest BCUT2D eigenvalue weighted by Gasteiger charge is 2.35. The van der Waals surface area contributed by atoms with Gasteiger partial charge in [-0.05, 0) is 25.8 Å². The summed E-state index contributed by atoms with van der Waals surface area (Å²) in [6.07, 6.45) is 2.87. The second-order valence-electron chi connectivity index (χ2n) is 4.29. The molecule has 3 heteroatoms. The molecule has 2 fully saturated rings. The Hall–Kier alpha value is -0.0151. The lowest BCUT2D eigenvalue weighted by atomic mass is 9.71. The molecule has 2 rings (SSSR count). The fraction of sp³-hybridized carbons (Fsp3) is 1.00. The predicted octanol–water partition coefficient (Wildman–Crippen LogP) is 0.207. The summed E-state index contributed by atoms with van der Waals surface area (Å²) in [5.74, 6) is 0.906. The SMILES string of the molecule is CBC1CCC2CN(C)CCN12. The van der Waals surface area contributed by atoms with Gasteiger partial charge in [0.25, 0.3) is 0 Å². The summed E-state index contributed by atoms with van der Waals surface area (Å²) in [6.45, 7) is 6.20. The van der Waals surface area contributed by atoms with E-state index in [2.05, 4.69) is 23.7 Å². The van der Waals surface area contributed by atoms with Gasteiger partial charge in [0.05, 0.1) is 0 Å². The van der Waals surface area contributed by atoms with Gasteiger partial charge in [-0.15, -0.1) is 0 Å². The molecule has 0 bridgehead atoms. The summed E-state index contributed by atoms with van der Waals surface area (Å²) in [7, 11) is 3.59. The first-order valence-corrected chi connectivity index (χ1v) is 5.25. The van der Waals surface area contributed by atoms with Crippen LogP contribution in [0.3, 0.4) is 0 Å². The molecular weight excluding hydrogens is 147 g/mol. The number of piperazine rings is 1. The molecule has 2 unspecified atom stereocenters. The quantitative estimate of drug-likeness (QED) is 0.513. The first kappa shape index (κ1) is 8.58. The molecule has 2 aliphatic heterocycles.